The second-order valence-electron chi connectivity index (χ2n) is 4.21. The van der Waals surface area contributed by atoms with Gasteiger partial charge in [-0.2, -0.15) is 5.10 Å². The fourth-order valence-corrected chi connectivity index (χ4v) is 1.78. The first kappa shape index (κ1) is 14.4. The Hall–Kier alpha value is -2.97. The van der Waals surface area contributed by atoms with Gasteiger partial charge >= 0.3 is 5.97 Å². The van der Waals surface area contributed by atoms with E-state index < -0.39 is 28.0 Å². The number of carbonyl (C=O) groups is 1. The molecular weight excluding hydrogens is 283 g/mol. The molecule has 0 atom stereocenters. The maximum absolute atomic E-state index is 13.6. The summed E-state index contributed by atoms with van der Waals surface area (Å²) in [6.07, 6.45) is 1.56. The predicted molar refractivity (Wildman–Crippen MR) is 70.5 cm³/mol. The van der Waals surface area contributed by atoms with Crippen LogP contribution in [0, 0.1) is 15.9 Å². The van der Waals surface area contributed by atoms with E-state index in [4.69, 9.17) is 5.11 Å². The Morgan fingerprint density at radius 3 is 2.81 bits per heavy atom. The molecule has 0 unspecified atom stereocenters. The highest BCUT2D eigenvalue weighted by molar-refractivity contribution is 5.90. The molecule has 0 saturated carbocycles. The lowest BCUT2D eigenvalue weighted by Crippen LogP contribution is -2.09. The van der Waals surface area contributed by atoms with Crippen LogP contribution in [0.4, 0.5) is 15.8 Å². The summed E-state index contributed by atoms with van der Waals surface area (Å²) >= 11 is 0. The molecule has 0 radical (unpaired) electrons. The van der Waals surface area contributed by atoms with Gasteiger partial charge in [0.1, 0.15) is 17.1 Å². The molecule has 1 aromatic carbocycles. The Kier molecular flexibility index (Phi) is 3.83. The summed E-state index contributed by atoms with van der Waals surface area (Å²) in [6, 6.07) is 3.20. The van der Waals surface area contributed by atoms with E-state index in [-0.39, 0.29) is 12.2 Å². The van der Waals surface area contributed by atoms with Gasteiger partial charge in [0, 0.05) is 25.4 Å². The number of hydrogen-bond donors (Lipinski definition) is 2. The zero-order chi connectivity index (χ0) is 15.6. The zero-order valence-corrected chi connectivity index (χ0v) is 10.9. The van der Waals surface area contributed by atoms with Crippen LogP contribution in [0.5, 0.6) is 0 Å². The number of nitrogens with one attached hydrogen (secondary N) is 1. The van der Waals surface area contributed by atoms with Crippen molar-refractivity contribution in [1.82, 2.24) is 9.78 Å². The number of nitro groups is 1. The van der Waals surface area contributed by atoms with E-state index >= 15 is 0 Å². The van der Waals surface area contributed by atoms with Crippen LogP contribution in [0.3, 0.4) is 0 Å². The summed E-state index contributed by atoms with van der Waals surface area (Å²) in [7, 11) is 1.69. The third-order valence-corrected chi connectivity index (χ3v) is 2.89. The average molecular weight is 294 g/mol. The number of hydrogen-bond acceptors (Lipinski definition) is 5. The Bertz CT molecular complexity index is 713. The summed E-state index contributed by atoms with van der Waals surface area (Å²) in [6.45, 7) is 0.184. The normalized spacial score (nSPS) is 10.4. The van der Waals surface area contributed by atoms with Crippen LogP contribution in [-0.4, -0.2) is 25.8 Å². The first-order valence-corrected chi connectivity index (χ1v) is 5.82. The number of aryl methyl sites for hydroxylation is 1. The molecule has 0 bridgehead atoms. The molecule has 0 aliphatic heterocycles. The van der Waals surface area contributed by atoms with Crippen molar-refractivity contribution in [2.75, 3.05) is 5.32 Å². The van der Waals surface area contributed by atoms with E-state index in [1.54, 1.807) is 24.0 Å². The highest BCUT2D eigenvalue weighted by atomic mass is 19.1. The van der Waals surface area contributed by atoms with Gasteiger partial charge in [0.05, 0.1) is 17.2 Å². The smallest absolute Gasteiger partial charge is 0.338 e. The van der Waals surface area contributed by atoms with E-state index in [1.807, 2.05) is 0 Å². The number of nitro benzene ring substituents is 1. The van der Waals surface area contributed by atoms with Crippen LogP contribution < -0.4 is 5.32 Å². The number of rotatable bonds is 5. The molecule has 110 valence electrons. The number of aromatic nitrogens is 2. The summed E-state index contributed by atoms with van der Waals surface area (Å²) in [4.78, 5) is 21.0. The molecular formula is C12H11FN4O4. The van der Waals surface area contributed by atoms with Crippen LogP contribution in [0.15, 0.2) is 24.4 Å². The van der Waals surface area contributed by atoms with Crippen molar-refractivity contribution in [1.29, 1.82) is 0 Å². The third-order valence-electron chi connectivity index (χ3n) is 2.89. The van der Waals surface area contributed by atoms with Crippen molar-refractivity contribution in [3.63, 3.8) is 0 Å². The molecule has 2 aromatic rings. The second kappa shape index (κ2) is 5.57. The number of nitrogens with zero attached hydrogens (tertiary/aromatic N) is 3. The van der Waals surface area contributed by atoms with E-state index in [1.165, 1.54) is 0 Å². The molecule has 0 aliphatic rings. The largest absolute Gasteiger partial charge is 0.478 e. The molecule has 2 rings (SSSR count). The summed E-state index contributed by atoms with van der Waals surface area (Å²) < 4.78 is 15.2. The summed E-state index contributed by atoms with van der Waals surface area (Å²) in [5.74, 6) is -2.60. The Morgan fingerprint density at radius 1 is 1.57 bits per heavy atom. The van der Waals surface area contributed by atoms with Gasteiger partial charge in [-0.05, 0) is 6.07 Å². The van der Waals surface area contributed by atoms with Gasteiger partial charge in [-0.15, -0.1) is 0 Å². The quantitative estimate of drug-likeness (QED) is 0.642. The molecule has 0 spiro atoms. The fraction of sp³-hybridized carbons (Fsp3) is 0.167. The molecule has 21 heavy (non-hydrogen) atoms. The Balaban J connectivity index is 2.34. The molecule has 0 aliphatic carbocycles. The molecule has 2 N–H and O–H groups in total. The van der Waals surface area contributed by atoms with E-state index in [2.05, 4.69) is 10.4 Å². The predicted octanol–water partition coefficient (Wildman–Crippen LogP) is 1.78. The van der Waals surface area contributed by atoms with Crippen LogP contribution in [0.25, 0.3) is 0 Å². The van der Waals surface area contributed by atoms with Crippen molar-refractivity contribution in [2.24, 2.45) is 7.05 Å². The maximum atomic E-state index is 13.6. The summed E-state index contributed by atoms with van der Waals surface area (Å²) in [5.41, 5.74) is -0.612. The highest BCUT2D eigenvalue weighted by Crippen LogP contribution is 2.28. The lowest BCUT2D eigenvalue weighted by Gasteiger charge is -2.08. The number of benzene rings is 1. The highest BCUT2D eigenvalue weighted by Gasteiger charge is 2.21. The first-order chi connectivity index (χ1) is 9.90. The van der Waals surface area contributed by atoms with E-state index in [0.29, 0.717) is 6.07 Å². The molecule has 0 saturated heterocycles. The standard InChI is InChI=1S/C12H11FN4O4/c1-16-7(2-3-15-16)6-14-10-5-9(13)8(12(18)19)4-11(10)17(20)21/h2-5,14H,6H2,1H3,(H,18,19). The first-order valence-electron chi connectivity index (χ1n) is 5.82. The van der Waals surface area contributed by atoms with Crippen LogP contribution in [0.2, 0.25) is 0 Å². The van der Waals surface area contributed by atoms with Gasteiger partial charge in [0.15, 0.2) is 0 Å². The molecule has 8 nitrogen and oxygen atoms in total. The molecule has 9 heteroatoms. The van der Waals surface area contributed by atoms with Gasteiger partial charge < -0.3 is 10.4 Å². The van der Waals surface area contributed by atoms with Gasteiger partial charge in [-0.25, -0.2) is 9.18 Å². The van der Waals surface area contributed by atoms with Gasteiger partial charge in [0.2, 0.25) is 0 Å². The van der Waals surface area contributed by atoms with E-state index in [9.17, 15) is 19.3 Å². The van der Waals surface area contributed by atoms with Gasteiger partial charge in [-0.3, -0.25) is 14.8 Å². The number of anilines is 1. The molecule has 1 heterocycles. The number of aromatic carboxylic acids is 1. The van der Waals surface area contributed by atoms with Crippen LogP contribution in [0.1, 0.15) is 16.1 Å². The van der Waals surface area contributed by atoms with Crippen molar-refractivity contribution >= 4 is 17.3 Å². The monoisotopic (exact) mass is 294 g/mol. The molecule has 0 fully saturated rings. The van der Waals surface area contributed by atoms with Crippen molar-refractivity contribution in [3.8, 4) is 0 Å². The minimum absolute atomic E-state index is 0.0938. The minimum atomic E-state index is -1.56. The van der Waals surface area contributed by atoms with Crippen molar-refractivity contribution in [2.45, 2.75) is 6.54 Å². The third kappa shape index (κ3) is 2.96. The molecule has 0 amide bonds. The average Bonchev–Trinajstić information content (AvgIpc) is 2.81. The summed E-state index contributed by atoms with van der Waals surface area (Å²) in [5, 5.41) is 26.4. The number of halogens is 1. The zero-order valence-electron chi connectivity index (χ0n) is 10.9. The Labute approximate surface area is 118 Å². The number of carboxylic acid groups (broad SMARTS) is 1. The van der Waals surface area contributed by atoms with Crippen molar-refractivity contribution in [3.05, 3.63) is 51.6 Å². The number of carboxylic acids is 1. The van der Waals surface area contributed by atoms with E-state index in [0.717, 1.165) is 11.8 Å². The fourth-order valence-electron chi connectivity index (χ4n) is 1.78. The molecule has 1 aromatic heterocycles. The van der Waals surface area contributed by atoms with Crippen LogP contribution in [-0.2, 0) is 13.6 Å². The minimum Gasteiger partial charge on any atom is -0.478 e. The maximum Gasteiger partial charge on any atom is 0.338 e. The van der Waals surface area contributed by atoms with Gasteiger partial charge in [-0.1, -0.05) is 0 Å². The lowest BCUT2D eigenvalue weighted by atomic mass is 10.1. The van der Waals surface area contributed by atoms with Crippen molar-refractivity contribution < 1.29 is 19.2 Å². The Morgan fingerprint density at radius 2 is 2.29 bits per heavy atom. The second-order valence-corrected chi connectivity index (χ2v) is 4.21. The van der Waals surface area contributed by atoms with Gasteiger partial charge in [0.25, 0.3) is 5.69 Å². The lowest BCUT2D eigenvalue weighted by molar-refractivity contribution is -0.384. The topological polar surface area (TPSA) is 110 Å². The van der Waals surface area contributed by atoms with Crippen LogP contribution >= 0.6 is 0 Å². The SMILES string of the molecule is Cn1nccc1CNc1cc(F)c(C(=O)O)cc1[N+](=O)[O-].